The molecule has 105 heavy (non-hydrogen) atoms. The van der Waals surface area contributed by atoms with Crippen LogP contribution in [0.1, 0.15) is 41.5 Å². The molecule has 43 heteroatoms. The van der Waals surface area contributed by atoms with Gasteiger partial charge in [-0.15, -0.1) is 0 Å². The molecule has 0 aromatic heterocycles. The number of hydrogen-bond donors (Lipinski definition) is 11. The van der Waals surface area contributed by atoms with Gasteiger partial charge in [-0.3, -0.25) is 102 Å². The van der Waals surface area contributed by atoms with E-state index in [1.54, 1.807) is 82.0 Å². The fourth-order valence-electron chi connectivity index (χ4n) is 11.6. The Bertz CT molecular complexity index is 3630. The third-order valence-electron chi connectivity index (χ3n) is 17.5. The molecule has 6 saturated carbocycles. The number of carbonyl (C=O) groups excluding carboxylic acids is 20. The smallest absolute Gasteiger partial charge is 0.338 e. The predicted molar refractivity (Wildman–Crippen MR) is 366 cm³/mol. The highest BCUT2D eigenvalue weighted by molar-refractivity contribution is 6.45. The van der Waals surface area contributed by atoms with Crippen LogP contribution in [0.4, 0.5) is 0 Å². The van der Waals surface area contributed by atoms with Gasteiger partial charge < -0.3 is 62.2 Å². The number of carboxylic acids is 2. The van der Waals surface area contributed by atoms with E-state index in [1.807, 2.05) is 41.5 Å². The Kier molecular flexibility index (Phi) is 29.3. The molecule has 10 fully saturated rings. The lowest BCUT2D eigenvalue weighted by Crippen LogP contribution is -2.35. The van der Waals surface area contributed by atoms with Crippen LogP contribution in [0.3, 0.4) is 0 Å². The van der Waals surface area contributed by atoms with E-state index in [9.17, 15) is 105 Å². The van der Waals surface area contributed by atoms with Gasteiger partial charge in [0.25, 0.3) is 34.1 Å². The van der Waals surface area contributed by atoms with Crippen LogP contribution in [0.5, 0.6) is 0 Å². The van der Waals surface area contributed by atoms with E-state index in [0.29, 0.717) is 33.8 Å². The second-order valence-corrected chi connectivity index (χ2v) is 24.3. The number of imide groups is 6. The van der Waals surface area contributed by atoms with Crippen LogP contribution in [-0.4, -0.2) is 199 Å². The number of nitrogens with one attached hydrogen (secondary N) is 6. The summed E-state index contributed by atoms with van der Waals surface area (Å²) < 4.78 is 44.0. The van der Waals surface area contributed by atoms with Crippen molar-refractivity contribution in [3.05, 3.63) is 60.8 Å². The molecule has 4 saturated heterocycles. The van der Waals surface area contributed by atoms with Crippen LogP contribution < -0.4 is 48.8 Å². The Labute approximate surface area is 614 Å². The molecule has 6 radical (unpaired) electrons. The maximum Gasteiger partial charge on any atom is 0.338 e. The number of cyclic esters (lactones) is 2. The number of fused-ring (bicyclic) bond motifs is 4. The number of rotatable bonds is 14. The zero-order valence-corrected chi connectivity index (χ0v) is 58.6. The summed E-state index contributed by atoms with van der Waals surface area (Å²) in [4.78, 5) is 238. The topological polar surface area (TPSA) is 585 Å². The van der Waals surface area contributed by atoms with E-state index >= 15 is 0 Å². The van der Waals surface area contributed by atoms with Crippen molar-refractivity contribution in [2.75, 3.05) is 0 Å². The number of nitrogens with two attached hydrogens (primary N) is 3. The summed E-state index contributed by atoms with van der Waals surface area (Å²) in [5.41, 5.74) is 5.09. The average molecular weight is 1460 g/mol. The molecule has 0 aromatic carbocycles. The van der Waals surface area contributed by atoms with Crippen LogP contribution in [0, 0.1) is 107 Å². The molecule has 13 aliphatic rings. The Morgan fingerprint density at radius 2 is 0.733 bits per heavy atom. The zero-order valence-electron chi connectivity index (χ0n) is 64.6. The number of carbonyl (C=O) groups is 22. The minimum atomic E-state index is -1.21. The summed E-state index contributed by atoms with van der Waals surface area (Å²) in [5, 5.41) is 24.6. The van der Waals surface area contributed by atoms with Crippen LogP contribution in [0.15, 0.2) is 60.8 Å². The molecular formula is C62H78B6N12O25. The number of aliphatic carboxylic acids is 2. The molecular weight excluding hydrogens is 1380 g/mol. The van der Waals surface area contributed by atoms with Crippen molar-refractivity contribution in [1.29, 1.82) is 0 Å². The summed E-state index contributed by atoms with van der Waals surface area (Å²) >= 11 is 0. The van der Waals surface area contributed by atoms with Crippen molar-refractivity contribution in [3.63, 3.8) is 0 Å². The molecule has 554 valence electrons. The molecule has 0 bridgehead atoms. The number of ether oxygens (including phenoxy) is 1. The maximum atomic E-state index is 11.3. The zero-order chi connectivity index (χ0) is 84.8. The summed E-state index contributed by atoms with van der Waals surface area (Å²) in [7, 11) is 9.08. The van der Waals surface area contributed by atoms with Gasteiger partial charge in [0.1, 0.15) is 0 Å². The Morgan fingerprint density at radius 3 is 0.962 bits per heavy atom. The lowest BCUT2D eigenvalue weighted by atomic mass is 9.95. The first-order valence-corrected chi connectivity index (χ1v) is 32.1. The van der Waals surface area contributed by atoms with Crippen molar-refractivity contribution >= 4 is 175 Å². The first-order chi connectivity index (χ1) is 52.0. The molecule has 0 aromatic rings. The Morgan fingerprint density at radius 1 is 0.419 bits per heavy atom. The normalized spacial score (nSPS) is 30.4. The van der Waals surface area contributed by atoms with E-state index in [1.165, 1.54) is 42.3 Å². The molecule has 4 unspecified atom stereocenters. The van der Waals surface area contributed by atoms with Gasteiger partial charge in [-0.25, -0.2) is 19.2 Å². The number of primary amides is 3. The van der Waals surface area contributed by atoms with E-state index in [2.05, 4.69) is 20.4 Å². The van der Waals surface area contributed by atoms with Crippen LogP contribution in [-0.2, 0) is 110 Å². The summed E-state index contributed by atoms with van der Waals surface area (Å²) in [6.07, 6.45) is 9.94. The number of esters is 2. The molecule has 6 aliphatic carbocycles. The summed E-state index contributed by atoms with van der Waals surface area (Å²) in [6.45, 7) is 21.5. The minimum absolute atomic E-state index is 0.00463. The summed E-state index contributed by atoms with van der Waals surface area (Å²) in [5.74, 6) is -9.30. The quantitative estimate of drug-likeness (QED) is 0.0254. The number of hydrogen-bond acceptors (Lipinski definition) is 23. The molecule has 7 aliphatic heterocycles. The molecule has 18 atom stereocenters. The number of nitrogens with zero attached hydrogens (tertiary/aromatic N) is 3. The monoisotopic (exact) mass is 1460 g/mol. The van der Waals surface area contributed by atoms with E-state index in [0.717, 1.165) is 47.3 Å². The second kappa shape index (κ2) is 39.5. The second-order valence-electron chi connectivity index (χ2n) is 24.3. The van der Waals surface area contributed by atoms with Gasteiger partial charge in [0.2, 0.25) is 117 Å². The molecule has 18 amide bonds. The standard InChI is InChI=1S/2C7H12BN2O2.2C7H9BNO2.2C6H7NO2.C5H7BNO3.C5H5BNO2.C4H5NO3.C4H3NO2.C4H2O3/c2*1-3-4(6(9)11)5(3)7(12)10-8-2;2*1-3-4-5(3)7(11)9(8-2)6(4)10;2*1-2-3-4(2)6(9)7-5(3)8;1-6-7-4(8)2-3-5(9)10;1-6-7-4(8)2-3-5(7)9;5-3(6)1-2-4(7)8;6-3-1-2-4(7)5-3;5-3-1-2-4(6)7-3/h2*3-5H,1-2H3,(H2,9,11)(H,10,12);2*3-5H,1-2H3;2*2-4H,1H3,(H,7,8,9);2-3H,1H3,(H,7,8)(H,9,10);2-3H,1H3;1-2H,(H2,5,6)(H,7,8);1-2H,(H,5,6,7);1-2H/b;;;;;;3-2+;;2-1-;;/t2*3-,4-,5+;2*3?,4-,5+;2*2?,3-,4+;;;;;/m00........./s1/i/hD6. The number of piperidine rings is 4. The van der Waals surface area contributed by atoms with Gasteiger partial charge >= 0.3 is 23.9 Å². The van der Waals surface area contributed by atoms with Gasteiger partial charge in [-0.2, -0.15) is 0 Å². The lowest BCUT2D eigenvalue weighted by Gasteiger charge is -2.13. The number of carboxylic acid groups (broad SMARTS) is 2. The number of amides is 18. The first-order valence-electron chi connectivity index (χ1n) is 35.0. The molecule has 37 nitrogen and oxygen atoms in total. The highest BCUT2D eigenvalue weighted by atomic mass is 16.6. The molecule has 13 rings (SSSR count). The van der Waals surface area contributed by atoms with Gasteiger partial charge in [0, 0.05) is 60.8 Å². The van der Waals surface area contributed by atoms with Crippen molar-refractivity contribution in [1.82, 2.24) is 46.0 Å². The maximum absolute atomic E-state index is 11.3. The Balaban J connectivity index is 0.000000317. The van der Waals surface area contributed by atoms with E-state index in [-0.39, 0.29) is 177 Å². The van der Waals surface area contributed by atoms with Gasteiger partial charge in [0.15, 0.2) is 8.47 Å². The highest BCUT2D eigenvalue weighted by Crippen LogP contribution is 2.54. The molecule has 0 spiro atoms. The van der Waals surface area contributed by atoms with Gasteiger partial charge in [0.05, 0.1) is 71.0 Å². The summed E-state index contributed by atoms with van der Waals surface area (Å²) in [6, 6.07) is 0. The highest BCUT2D eigenvalue weighted by Gasteiger charge is 2.66. The van der Waals surface area contributed by atoms with Crippen molar-refractivity contribution in [2.24, 2.45) is 124 Å². The fraction of sp³-hybridized carbons (Fsp3) is 0.484. The lowest BCUT2D eigenvalue weighted by molar-refractivity contribution is -0.150. The fourth-order valence-corrected chi connectivity index (χ4v) is 11.6. The van der Waals surface area contributed by atoms with Crippen LogP contribution in [0.2, 0.25) is 49.4 Å². The van der Waals surface area contributed by atoms with E-state index in [4.69, 9.17) is 18.7 Å². The van der Waals surface area contributed by atoms with Crippen molar-refractivity contribution in [2.45, 2.75) is 82.5 Å². The Hall–Kier alpha value is -11.2. The largest absolute Gasteiger partial charge is 0.478 e. The average Bonchev–Trinajstić information content (AvgIpc) is 1.58. The minimum Gasteiger partial charge on any atom is -0.478 e. The predicted octanol–water partition coefficient (Wildman–Crippen LogP) is -5.94. The first kappa shape index (κ1) is 78.0. The van der Waals surface area contributed by atoms with Crippen LogP contribution in [0.25, 0.3) is 0 Å². The van der Waals surface area contributed by atoms with E-state index < -0.39 is 47.5 Å². The van der Waals surface area contributed by atoms with Gasteiger partial charge in [-0.05, 0) is 35.5 Å². The SMILES string of the molecule is C[B]N1C(=O)C=CC1=O.C[B]N1C(=O)[C@@H]2C(C)[C@@H]2C1=O.C[B]N1C(=O)[C@@H]2C(C)[C@@H]2C1=O.C[B]NC(=O)/C=C/C(=O)O.O=C1C=CC(=O)O1.[2H]N1C(=O)C=CC1=O.[2H]N1C(=O)[C@@H]2C(C)[C@@H]2C1=O.[2H]N1C(=O)[C@@H]2C(C)[C@@H]2C1=O.[2H]NC(=O)/C=C\C(=O)O.[2H]NC(=O)[C@H]1[C@H](C)[C@H]1C(=O)N[B]C.[2H]NC(=O)[C@H]1[C@H](C)[C@H]1C(=O)N[B]C. The third kappa shape index (κ3) is 24.5. The molecule has 7 heterocycles. The van der Waals surface area contributed by atoms with Crippen molar-refractivity contribution < 1.29 is 129 Å². The van der Waals surface area contributed by atoms with Gasteiger partial charge in [-0.1, -0.05) is 82.5 Å². The molecule has 14 N–H and O–H groups in total. The van der Waals surface area contributed by atoms with Crippen LogP contribution >= 0.6 is 0 Å². The van der Waals surface area contributed by atoms with Crippen molar-refractivity contribution in [3.8, 4) is 0 Å². The third-order valence-corrected chi connectivity index (χ3v) is 17.5.